The van der Waals surface area contributed by atoms with E-state index >= 15 is 0 Å². The summed E-state index contributed by atoms with van der Waals surface area (Å²) in [7, 11) is 0. The van der Waals surface area contributed by atoms with E-state index in [0.717, 1.165) is 16.3 Å². The minimum Gasteiger partial charge on any atom is -0.481 e. The number of thioether (sulfide) groups is 1. The molecule has 1 aliphatic heterocycles. The molecule has 2 aromatic rings. The molecule has 0 saturated carbocycles. The van der Waals surface area contributed by atoms with Gasteiger partial charge in [0.25, 0.3) is 0 Å². The molecule has 3 rings (SSSR count). The first-order valence-corrected chi connectivity index (χ1v) is 8.96. The van der Waals surface area contributed by atoms with Gasteiger partial charge >= 0.3 is 5.97 Å². The van der Waals surface area contributed by atoms with Crippen molar-refractivity contribution in [2.24, 2.45) is 5.92 Å². The lowest BCUT2D eigenvalue weighted by Gasteiger charge is -2.05. The number of carboxylic acid groups (broad SMARTS) is 1. The molecule has 3 nitrogen and oxygen atoms in total. The van der Waals surface area contributed by atoms with E-state index in [1.807, 2.05) is 48.5 Å². The van der Waals surface area contributed by atoms with Crippen LogP contribution in [0.15, 0.2) is 47.4 Å². The standard InChI is InChI=1S/C19H16O3S2/c20-17(21)10-4-9-15-18(22)16(24-19(15)23)11-13-7-3-6-12-5-1-2-8-14(12)13/h1-3,5-8,11,15H,4,9-10H2,(H,20,21)/b16-11-. The third kappa shape index (κ3) is 3.57. The maximum absolute atomic E-state index is 12.6. The molecular formula is C19H16O3S2. The summed E-state index contributed by atoms with van der Waals surface area (Å²) in [6.45, 7) is 0. The number of carbonyl (C=O) groups excluding carboxylic acids is 1. The summed E-state index contributed by atoms with van der Waals surface area (Å²) in [6.07, 6.45) is 2.94. The Hall–Kier alpha value is -1.98. The third-order valence-corrected chi connectivity index (χ3v) is 5.61. The van der Waals surface area contributed by atoms with E-state index in [9.17, 15) is 9.59 Å². The lowest BCUT2D eigenvalue weighted by molar-refractivity contribution is -0.137. The fourth-order valence-corrected chi connectivity index (χ4v) is 4.34. The van der Waals surface area contributed by atoms with Gasteiger partial charge < -0.3 is 5.11 Å². The van der Waals surface area contributed by atoms with Gasteiger partial charge in [0.15, 0.2) is 5.78 Å². The van der Waals surface area contributed by atoms with Crippen molar-refractivity contribution in [1.29, 1.82) is 0 Å². The average molecular weight is 356 g/mol. The molecule has 0 amide bonds. The van der Waals surface area contributed by atoms with Gasteiger partial charge in [-0.25, -0.2) is 0 Å². The Labute approximate surface area is 149 Å². The molecule has 1 unspecified atom stereocenters. The summed E-state index contributed by atoms with van der Waals surface area (Å²) in [4.78, 5) is 23.9. The molecule has 0 spiro atoms. The van der Waals surface area contributed by atoms with Crippen LogP contribution >= 0.6 is 24.0 Å². The van der Waals surface area contributed by atoms with Gasteiger partial charge in [-0.2, -0.15) is 0 Å². The summed E-state index contributed by atoms with van der Waals surface area (Å²) in [6, 6.07) is 14.1. The predicted molar refractivity (Wildman–Crippen MR) is 102 cm³/mol. The molecule has 122 valence electrons. The van der Waals surface area contributed by atoms with E-state index in [-0.39, 0.29) is 18.1 Å². The highest BCUT2D eigenvalue weighted by atomic mass is 32.2. The largest absolute Gasteiger partial charge is 0.481 e. The highest BCUT2D eigenvalue weighted by Gasteiger charge is 2.34. The zero-order chi connectivity index (χ0) is 17.1. The number of aliphatic carboxylic acids is 1. The molecule has 2 aromatic carbocycles. The molecule has 1 atom stereocenters. The van der Waals surface area contributed by atoms with Crippen molar-refractivity contribution in [2.45, 2.75) is 19.3 Å². The number of fused-ring (bicyclic) bond motifs is 1. The molecule has 1 aliphatic rings. The minimum atomic E-state index is -0.842. The number of hydrogen-bond donors (Lipinski definition) is 1. The Morgan fingerprint density at radius 1 is 1.21 bits per heavy atom. The normalized spacial score (nSPS) is 19.3. The third-order valence-electron chi connectivity index (χ3n) is 4.05. The molecule has 0 aromatic heterocycles. The van der Waals surface area contributed by atoms with Crippen LogP contribution in [0.2, 0.25) is 0 Å². The first-order valence-electron chi connectivity index (χ1n) is 7.73. The first-order chi connectivity index (χ1) is 11.6. The van der Waals surface area contributed by atoms with Gasteiger partial charge in [0.1, 0.15) is 0 Å². The summed E-state index contributed by atoms with van der Waals surface area (Å²) in [5.74, 6) is -1.17. The maximum atomic E-state index is 12.6. The van der Waals surface area contributed by atoms with E-state index in [1.54, 1.807) is 0 Å². The fourth-order valence-electron chi connectivity index (χ4n) is 2.83. The van der Waals surface area contributed by atoms with Crippen LogP contribution in [-0.4, -0.2) is 21.1 Å². The molecule has 1 heterocycles. The van der Waals surface area contributed by atoms with Crippen molar-refractivity contribution in [3.05, 3.63) is 52.9 Å². The van der Waals surface area contributed by atoms with Gasteiger partial charge in [0.05, 0.1) is 15.0 Å². The van der Waals surface area contributed by atoms with Crippen molar-refractivity contribution in [2.75, 3.05) is 0 Å². The SMILES string of the molecule is O=C(O)CCCC1C(=O)/C(=C/c2cccc3ccccc23)SC1=S. The van der Waals surface area contributed by atoms with E-state index in [0.29, 0.717) is 21.9 Å². The summed E-state index contributed by atoms with van der Waals surface area (Å²) < 4.78 is 0.650. The summed E-state index contributed by atoms with van der Waals surface area (Å²) in [5.41, 5.74) is 0.998. The van der Waals surface area contributed by atoms with Gasteiger partial charge in [0.2, 0.25) is 0 Å². The molecular weight excluding hydrogens is 340 g/mol. The Balaban J connectivity index is 1.84. The van der Waals surface area contributed by atoms with Crippen LogP contribution in [0.4, 0.5) is 0 Å². The van der Waals surface area contributed by atoms with E-state index < -0.39 is 5.97 Å². The number of thiocarbonyl (C=S) groups is 1. The number of benzene rings is 2. The lowest BCUT2D eigenvalue weighted by Crippen LogP contribution is -2.13. The molecule has 5 heteroatoms. The van der Waals surface area contributed by atoms with Gasteiger partial charge in [-0.05, 0) is 35.3 Å². The maximum Gasteiger partial charge on any atom is 0.303 e. The average Bonchev–Trinajstić information content (AvgIpc) is 2.82. The van der Waals surface area contributed by atoms with Gasteiger partial charge in [0, 0.05) is 6.42 Å². The Bertz CT molecular complexity index is 849. The highest BCUT2D eigenvalue weighted by molar-refractivity contribution is 8.27. The second-order valence-corrected chi connectivity index (χ2v) is 7.48. The quantitative estimate of drug-likeness (QED) is 0.622. The van der Waals surface area contributed by atoms with Crippen LogP contribution in [-0.2, 0) is 9.59 Å². The van der Waals surface area contributed by atoms with Crippen LogP contribution in [0.25, 0.3) is 16.8 Å². The van der Waals surface area contributed by atoms with Crippen LogP contribution < -0.4 is 0 Å². The molecule has 0 aliphatic carbocycles. The molecule has 1 fully saturated rings. The van der Waals surface area contributed by atoms with Crippen LogP contribution in [0, 0.1) is 5.92 Å². The summed E-state index contributed by atoms with van der Waals surface area (Å²) in [5, 5.41) is 11.0. The van der Waals surface area contributed by atoms with E-state index in [4.69, 9.17) is 17.3 Å². The Morgan fingerprint density at radius 2 is 1.96 bits per heavy atom. The molecule has 24 heavy (non-hydrogen) atoms. The molecule has 0 radical (unpaired) electrons. The van der Waals surface area contributed by atoms with E-state index in [1.165, 1.54) is 11.8 Å². The van der Waals surface area contributed by atoms with Gasteiger partial charge in [-0.1, -0.05) is 66.4 Å². The van der Waals surface area contributed by atoms with Crippen molar-refractivity contribution in [1.82, 2.24) is 0 Å². The van der Waals surface area contributed by atoms with Crippen molar-refractivity contribution < 1.29 is 14.7 Å². The van der Waals surface area contributed by atoms with Gasteiger partial charge in [-0.15, -0.1) is 0 Å². The number of carbonyl (C=O) groups is 2. The van der Waals surface area contributed by atoms with Gasteiger partial charge in [-0.3, -0.25) is 9.59 Å². The number of allylic oxidation sites excluding steroid dienone is 1. The number of Topliss-reactive ketones (excluding diaryl/α,β-unsaturated/α-hetero) is 1. The topological polar surface area (TPSA) is 54.4 Å². The molecule has 1 saturated heterocycles. The number of ketones is 1. The zero-order valence-corrected chi connectivity index (χ0v) is 14.5. The van der Waals surface area contributed by atoms with Crippen molar-refractivity contribution >= 4 is 56.8 Å². The Morgan fingerprint density at radius 3 is 2.75 bits per heavy atom. The molecule has 1 N–H and O–H groups in total. The monoisotopic (exact) mass is 356 g/mol. The zero-order valence-electron chi connectivity index (χ0n) is 12.9. The summed E-state index contributed by atoms with van der Waals surface area (Å²) >= 11 is 6.68. The van der Waals surface area contributed by atoms with Crippen molar-refractivity contribution in [3.63, 3.8) is 0 Å². The first kappa shape index (κ1) is 16.9. The highest BCUT2D eigenvalue weighted by Crippen LogP contribution is 2.39. The van der Waals surface area contributed by atoms with Crippen molar-refractivity contribution in [3.8, 4) is 0 Å². The lowest BCUT2D eigenvalue weighted by atomic mass is 9.97. The second kappa shape index (κ2) is 7.28. The minimum absolute atomic E-state index is 0.0170. The number of rotatable bonds is 5. The second-order valence-electron chi connectivity index (χ2n) is 5.70. The number of hydrogen-bond acceptors (Lipinski definition) is 4. The van der Waals surface area contributed by atoms with Crippen LogP contribution in [0.5, 0.6) is 0 Å². The number of carboxylic acids is 1. The van der Waals surface area contributed by atoms with Crippen LogP contribution in [0.1, 0.15) is 24.8 Å². The van der Waals surface area contributed by atoms with E-state index in [2.05, 4.69) is 0 Å². The van der Waals surface area contributed by atoms with Crippen LogP contribution in [0.3, 0.4) is 0 Å². The fraction of sp³-hybridized carbons (Fsp3) is 0.211. The predicted octanol–water partition coefficient (Wildman–Crippen LogP) is 4.70. The molecule has 0 bridgehead atoms. The smallest absolute Gasteiger partial charge is 0.303 e. The Kier molecular flexibility index (Phi) is 5.11.